The first-order valence-electron chi connectivity index (χ1n) is 7.94. The second-order valence-electron chi connectivity index (χ2n) is 5.59. The number of aliphatic hydroxyl groups is 1. The highest BCUT2D eigenvalue weighted by molar-refractivity contribution is 5.48. The summed E-state index contributed by atoms with van der Waals surface area (Å²) in [5, 5.41) is 19.6. The molecule has 0 heterocycles. The first-order chi connectivity index (χ1) is 11.2. The fraction of sp³-hybridized carbons (Fsp3) is 0.300. The van der Waals surface area contributed by atoms with E-state index in [2.05, 4.69) is 24.3 Å². The minimum absolute atomic E-state index is 0.142. The Balaban J connectivity index is 1.73. The highest BCUT2D eigenvalue weighted by Gasteiger charge is 2.06. The molecule has 0 fully saturated rings. The molecular formula is C20H24O3. The molecule has 0 saturated heterocycles. The highest BCUT2D eigenvalue weighted by atomic mass is 16.5. The van der Waals surface area contributed by atoms with Crippen molar-refractivity contribution in [3.05, 3.63) is 65.7 Å². The monoisotopic (exact) mass is 312 g/mol. The lowest BCUT2D eigenvalue weighted by molar-refractivity contribution is 0.156. The number of hydrogen-bond acceptors (Lipinski definition) is 3. The number of aromatic hydroxyl groups is 1. The molecule has 2 aromatic carbocycles. The first kappa shape index (κ1) is 17.1. The van der Waals surface area contributed by atoms with Crippen LogP contribution in [0, 0.1) is 0 Å². The van der Waals surface area contributed by atoms with Crippen LogP contribution in [0.3, 0.4) is 0 Å². The third-order valence-corrected chi connectivity index (χ3v) is 3.79. The quantitative estimate of drug-likeness (QED) is 0.768. The van der Waals surface area contributed by atoms with E-state index < -0.39 is 0 Å². The Labute approximate surface area is 137 Å². The van der Waals surface area contributed by atoms with Crippen LogP contribution in [0.25, 0.3) is 6.08 Å². The van der Waals surface area contributed by atoms with E-state index >= 15 is 0 Å². The van der Waals surface area contributed by atoms with Crippen LogP contribution in [0.1, 0.15) is 30.4 Å². The molecule has 0 aliphatic heterocycles. The van der Waals surface area contributed by atoms with Crippen molar-refractivity contribution in [2.24, 2.45) is 0 Å². The summed E-state index contributed by atoms with van der Waals surface area (Å²) in [6.45, 7) is 0. The number of methoxy groups -OCH3 is 1. The van der Waals surface area contributed by atoms with E-state index in [1.807, 2.05) is 30.3 Å². The van der Waals surface area contributed by atoms with Crippen LogP contribution < -0.4 is 4.74 Å². The maximum absolute atomic E-state index is 10.1. The standard InChI is InChI=1S/C20H24O3/c1-23-20-15-17(12-14-19(20)22)11-13-18(21)10-6-5-9-16-7-3-2-4-8-16/h2-5,7-9,12,14-15,18,21-22H,6,10-11,13H2,1H3/b9-5+/t18-/m0/s1. The van der Waals surface area contributed by atoms with E-state index in [4.69, 9.17) is 4.74 Å². The Kier molecular flexibility index (Phi) is 6.70. The maximum Gasteiger partial charge on any atom is 0.160 e. The lowest BCUT2D eigenvalue weighted by Crippen LogP contribution is -2.07. The zero-order valence-electron chi connectivity index (χ0n) is 13.5. The third-order valence-electron chi connectivity index (χ3n) is 3.79. The van der Waals surface area contributed by atoms with Crippen LogP contribution in [0.15, 0.2) is 54.6 Å². The van der Waals surface area contributed by atoms with Crippen molar-refractivity contribution in [2.45, 2.75) is 31.8 Å². The number of phenolic OH excluding ortho intramolecular Hbond substituents is 1. The molecule has 0 unspecified atom stereocenters. The third kappa shape index (κ3) is 5.80. The summed E-state index contributed by atoms with van der Waals surface area (Å²) in [4.78, 5) is 0. The SMILES string of the molecule is COc1cc(CC[C@@H](O)CC/C=C/c2ccccc2)ccc1O. The van der Waals surface area contributed by atoms with Gasteiger partial charge in [0.2, 0.25) is 0 Å². The Bertz CT molecular complexity index is 620. The zero-order valence-corrected chi connectivity index (χ0v) is 13.5. The molecule has 2 rings (SSSR count). The van der Waals surface area contributed by atoms with Crippen LogP contribution in [0.5, 0.6) is 11.5 Å². The lowest BCUT2D eigenvalue weighted by atomic mass is 10.0. The van der Waals surface area contributed by atoms with Gasteiger partial charge in [0.15, 0.2) is 11.5 Å². The van der Waals surface area contributed by atoms with Crippen LogP contribution in [0.4, 0.5) is 0 Å². The van der Waals surface area contributed by atoms with Crippen molar-refractivity contribution < 1.29 is 14.9 Å². The first-order valence-corrected chi connectivity index (χ1v) is 7.94. The molecule has 0 amide bonds. The molecule has 0 aromatic heterocycles. The average molecular weight is 312 g/mol. The molecule has 122 valence electrons. The average Bonchev–Trinajstić information content (AvgIpc) is 2.59. The second kappa shape index (κ2) is 9.01. The lowest BCUT2D eigenvalue weighted by Gasteiger charge is -2.10. The minimum Gasteiger partial charge on any atom is -0.504 e. The van der Waals surface area contributed by atoms with Gasteiger partial charge in [-0.05, 0) is 48.9 Å². The van der Waals surface area contributed by atoms with Gasteiger partial charge in [0, 0.05) is 0 Å². The van der Waals surface area contributed by atoms with E-state index in [9.17, 15) is 10.2 Å². The van der Waals surface area contributed by atoms with Crippen LogP contribution in [0.2, 0.25) is 0 Å². The van der Waals surface area contributed by atoms with Gasteiger partial charge in [-0.25, -0.2) is 0 Å². The molecule has 2 aromatic rings. The summed E-state index contributed by atoms with van der Waals surface area (Å²) in [5.41, 5.74) is 2.23. The van der Waals surface area contributed by atoms with E-state index in [1.54, 1.807) is 6.07 Å². The molecule has 23 heavy (non-hydrogen) atoms. The summed E-state index contributed by atoms with van der Waals surface area (Å²) in [5.74, 6) is 0.616. The van der Waals surface area contributed by atoms with Gasteiger partial charge in [-0.3, -0.25) is 0 Å². The van der Waals surface area contributed by atoms with Crippen molar-refractivity contribution >= 4 is 6.08 Å². The number of aryl methyl sites for hydroxylation is 1. The van der Waals surface area contributed by atoms with Crippen molar-refractivity contribution in [1.82, 2.24) is 0 Å². The fourth-order valence-electron chi connectivity index (χ4n) is 2.43. The normalized spacial score (nSPS) is 12.4. The number of hydrogen-bond donors (Lipinski definition) is 2. The minimum atomic E-state index is -0.324. The summed E-state index contributed by atoms with van der Waals surface area (Å²) >= 11 is 0. The van der Waals surface area contributed by atoms with E-state index in [0.29, 0.717) is 12.2 Å². The van der Waals surface area contributed by atoms with Gasteiger partial charge in [0.05, 0.1) is 13.2 Å². The van der Waals surface area contributed by atoms with Crippen LogP contribution >= 0.6 is 0 Å². The molecule has 0 bridgehead atoms. The van der Waals surface area contributed by atoms with E-state index in [1.165, 1.54) is 12.7 Å². The summed E-state index contributed by atoms with van der Waals surface area (Å²) < 4.78 is 5.09. The van der Waals surface area contributed by atoms with Gasteiger partial charge in [0.25, 0.3) is 0 Å². The Morgan fingerprint density at radius 3 is 2.61 bits per heavy atom. The van der Waals surface area contributed by atoms with Crippen molar-refractivity contribution in [2.75, 3.05) is 7.11 Å². The molecular weight excluding hydrogens is 288 g/mol. The number of rotatable bonds is 8. The maximum atomic E-state index is 10.1. The second-order valence-corrected chi connectivity index (χ2v) is 5.59. The number of allylic oxidation sites excluding steroid dienone is 1. The Morgan fingerprint density at radius 1 is 1.09 bits per heavy atom. The van der Waals surface area contributed by atoms with Crippen molar-refractivity contribution in [1.29, 1.82) is 0 Å². The van der Waals surface area contributed by atoms with E-state index in [-0.39, 0.29) is 11.9 Å². The molecule has 0 spiro atoms. The molecule has 3 nitrogen and oxygen atoms in total. The number of ether oxygens (including phenoxy) is 1. The fourth-order valence-corrected chi connectivity index (χ4v) is 2.43. The Morgan fingerprint density at radius 2 is 1.87 bits per heavy atom. The summed E-state index contributed by atoms with van der Waals surface area (Å²) in [7, 11) is 1.53. The molecule has 0 radical (unpaired) electrons. The van der Waals surface area contributed by atoms with Gasteiger partial charge in [-0.1, -0.05) is 48.6 Å². The summed E-state index contributed by atoms with van der Waals surface area (Å²) in [6, 6.07) is 15.5. The molecule has 0 aliphatic carbocycles. The van der Waals surface area contributed by atoms with Crippen LogP contribution in [-0.4, -0.2) is 23.4 Å². The molecule has 0 aliphatic rings. The highest BCUT2D eigenvalue weighted by Crippen LogP contribution is 2.27. The number of aliphatic hydroxyl groups excluding tert-OH is 1. The van der Waals surface area contributed by atoms with Crippen molar-refractivity contribution in [3.63, 3.8) is 0 Å². The van der Waals surface area contributed by atoms with Gasteiger partial charge < -0.3 is 14.9 Å². The predicted molar refractivity (Wildman–Crippen MR) is 93.7 cm³/mol. The van der Waals surface area contributed by atoms with Crippen LogP contribution in [-0.2, 0) is 6.42 Å². The molecule has 0 saturated carbocycles. The van der Waals surface area contributed by atoms with E-state index in [0.717, 1.165) is 24.8 Å². The zero-order chi connectivity index (χ0) is 16.5. The molecule has 1 atom stereocenters. The smallest absolute Gasteiger partial charge is 0.160 e. The number of benzene rings is 2. The topological polar surface area (TPSA) is 49.7 Å². The van der Waals surface area contributed by atoms with Gasteiger partial charge in [-0.15, -0.1) is 0 Å². The largest absolute Gasteiger partial charge is 0.504 e. The predicted octanol–water partition coefficient (Wildman–Crippen LogP) is 4.19. The molecule has 2 N–H and O–H groups in total. The van der Waals surface area contributed by atoms with Gasteiger partial charge in [0.1, 0.15) is 0 Å². The van der Waals surface area contributed by atoms with Crippen molar-refractivity contribution in [3.8, 4) is 11.5 Å². The Hall–Kier alpha value is -2.26. The van der Waals surface area contributed by atoms with Gasteiger partial charge in [-0.2, -0.15) is 0 Å². The summed E-state index contributed by atoms with van der Waals surface area (Å²) in [6.07, 6.45) is 6.93. The van der Waals surface area contributed by atoms with Gasteiger partial charge >= 0.3 is 0 Å². The number of phenols is 1. The molecule has 3 heteroatoms.